The maximum absolute atomic E-state index is 12.5. The van der Waals surface area contributed by atoms with Crippen molar-refractivity contribution in [1.82, 2.24) is 15.5 Å². The molecule has 0 aliphatic carbocycles. The van der Waals surface area contributed by atoms with Gasteiger partial charge in [-0.3, -0.25) is 9.89 Å². The Kier molecular flexibility index (Phi) is 8.12. The molecule has 0 bridgehead atoms. The number of ether oxygens (including phenoxy) is 1. The largest absolute Gasteiger partial charge is 0.434 e. The van der Waals surface area contributed by atoms with E-state index in [1.54, 1.807) is 13.1 Å². The lowest BCUT2D eigenvalue weighted by Gasteiger charge is -2.32. The molecule has 2 N–H and O–H groups in total. The molecule has 0 radical (unpaired) electrons. The van der Waals surface area contributed by atoms with Crippen molar-refractivity contribution in [1.29, 1.82) is 0 Å². The van der Waals surface area contributed by atoms with E-state index in [1.807, 2.05) is 6.08 Å². The number of aliphatic imine (C=N–C) groups is 1. The van der Waals surface area contributed by atoms with Gasteiger partial charge < -0.3 is 15.4 Å². The molecule has 1 saturated heterocycles. The molecule has 0 amide bonds. The van der Waals surface area contributed by atoms with Gasteiger partial charge >= 0.3 is 6.61 Å². The number of alkyl halides is 2. The lowest BCUT2D eigenvalue weighted by Crippen LogP contribution is -2.48. The molecule has 0 saturated carbocycles. The highest BCUT2D eigenvalue weighted by molar-refractivity contribution is 6.30. The first kappa shape index (κ1) is 20.5. The van der Waals surface area contributed by atoms with Gasteiger partial charge in [0.25, 0.3) is 0 Å². The molecule has 1 fully saturated rings. The van der Waals surface area contributed by atoms with Crippen LogP contribution >= 0.6 is 11.6 Å². The van der Waals surface area contributed by atoms with Crippen molar-refractivity contribution in [3.8, 4) is 5.75 Å². The summed E-state index contributed by atoms with van der Waals surface area (Å²) >= 11 is 5.97. The molecule has 1 aromatic carbocycles. The summed E-state index contributed by atoms with van der Waals surface area (Å²) in [4.78, 5) is 6.56. The van der Waals surface area contributed by atoms with Crippen LogP contribution in [0.2, 0.25) is 5.02 Å². The molecule has 144 valence electrons. The van der Waals surface area contributed by atoms with E-state index in [0.29, 0.717) is 22.6 Å². The van der Waals surface area contributed by atoms with Crippen LogP contribution in [0.3, 0.4) is 0 Å². The van der Waals surface area contributed by atoms with E-state index in [-0.39, 0.29) is 12.3 Å². The van der Waals surface area contributed by atoms with Gasteiger partial charge in [-0.2, -0.15) is 8.78 Å². The molecule has 26 heavy (non-hydrogen) atoms. The number of hydrogen-bond donors (Lipinski definition) is 2. The van der Waals surface area contributed by atoms with E-state index in [9.17, 15) is 8.78 Å². The van der Waals surface area contributed by atoms with Crippen molar-refractivity contribution < 1.29 is 13.5 Å². The van der Waals surface area contributed by atoms with E-state index in [4.69, 9.17) is 11.6 Å². The molecule has 0 unspecified atom stereocenters. The summed E-state index contributed by atoms with van der Waals surface area (Å²) in [6.07, 6.45) is 3.93. The monoisotopic (exact) mass is 386 g/mol. The fourth-order valence-corrected chi connectivity index (χ4v) is 3.10. The van der Waals surface area contributed by atoms with Gasteiger partial charge in [-0.05, 0) is 31.0 Å². The molecule has 8 heteroatoms. The van der Waals surface area contributed by atoms with Gasteiger partial charge in [0, 0.05) is 49.9 Å². The number of likely N-dealkylation sites (tertiary alicyclic amines) is 1. The Balaban J connectivity index is 1.89. The number of rotatable bonds is 7. The molecule has 0 aromatic heterocycles. The summed E-state index contributed by atoms with van der Waals surface area (Å²) in [6.45, 7) is 4.07. The van der Waals surface area contributed by atoms with Gasteiger partial charge in [0.1, 0.15) is 5.75 Å². The molecule has 1 heterocycles. The summed E-state index contributed by atoms with van der Waals surface area (Å²) in [6, 6.07) is 4.88. The maximum Gasteiger partial charge on any atom is 0.387 e. The van der Waals surface area contributed by atoms with E-state index in [0.717, 1.165) is 32.5 Å². The summed E-state index contributed by atoms with van der Waals surface area (Å²) < 4.78 is 29.6. The van der Waals surface area contributed by atoms with Crippen LogP contribution in [0.5, 0.6) is 5.75 Å². The number of benzene rings is 1. The number of hydrogen-bond acceptors (Lipinski definition) is 3. The van der Waals surface area contributed by atoms with Crippen LogP contribution in [0.15, 0.2) is 35.8 Å². The second kappa shape index (κ2) is 10.3. The quantitative estimate of drug-likeness (QED) is 0.429. The van der Waals surface area contributed by atoms with Crippen LogP contribution in [-0.4, -0.2) is 50.2 Å². The van der Waals surface area contributed by atoms with Crippen LogP contribution in [0.1, 0.15) is 18.4 Å². The van der Waals surface area contributed by atoms with Crippen LogP contribution in [0.25, 0.3) is 0 Å². The Labute approximate surface area is 158 Å². The van der Waals surface area contributed by atoms with E-state index in [1.165, 1.54) is 12.1 Å². The number of halogens is 3. The Morgan fingerprint density at radius 3 is 2.81 bits per heavy atom. The molecular formula is C18H25ClF2N4O. The molecule has 0 spiro atoms. The highest BCUT2D eigenvalue weighted by Crippen LogP contribution is 2.24. The van der Waals surface area contributed by atoms with Gasteiger partial charge in [0.2, 0.25) is 0 Å². The Morgan fingerprint density at radius 2 is 2.19 bits per heavy atom. The van der Waals surface area contributed by atoms with Crippen molar-refractivity contribution >= 4 is 17.6 Å². The van der Waals surface area contributed by atoms with Crippen molar-refractivity contribution in [2.24, 2.45) is 4.99 Å². The number of nitrogens with one attached hydrogen (secondary N) is 2. The van der Waals surface area contributed by atoms with Crippen molar-refractivity contribution in [2.45, 2.75) is 32.0 Å². The van der Waals surface area contributed by atoms with E-state index in [2.05, 4.69) is 31.8 Å². The summed E-state index contributed by atoms with van der Waals surface area (Å²) in [5.41, 5.74) is 0.543. The summed E-state index contributed by atoms with van der Waals surface area (Å²) in [5, 5.41) is 6.97. The zero-order valence-corrected chi connectivity index (χ0v) is 15.6. The molecule has 2 rings (SSSR count). The minimum Gasteiger partial charge on any atom is -0.434 e. The Hall–Kier alpha value is -1.86. The van der Waals surface area contributed by atoms with Gasteiger partial charge in [0.15, 0.2) is 5.96 Å². The van der Waals surface area contributed by atoms with E-state index >= 15 is 0 Å². The van der Waals surface area contributed by atoms with Crippen LogP contribution in [0, 0.1) is 0 Å². The zero-order valence-electron chi connectivity index (χ0n) is 14.9. The Bertz CT molecular complexity index is 619. The molecule has 0 atom stereocenters. The van der Waals surface area contributed by atoms with Gasteiger partial charge in [-0.15, -0.1) is 6.58 Å². The summed E-state index contributed by atoms with van der Waals surface area (Å²) in [5.74, 6) is 0.722. The first-order chi connectivity index (χ1) is 12.5. The number of piperidine rings is 1. The Morgan fingerprint density at radius 1 is 1.46 bits per heavy atom. The minimum absolute atomic E-state index is 0.102. The normalized spacial score (nSPS) is 16.6. The van der Waals surface area contributed by atoms with Crippen LogP contribution in [0.4, 0.5) is 8.78 Å². The molecule has 1 aliphatic rings. The van der Waals surface area contributed by atoms with Crippen LogP contribution in [-0.2, 0) is 6.54 Å². The molecule has 5 nitrogen and oxygen atoms in total. The van der Waals surface area contributed by atoms with Crippen molar-refractivity contribution in [3.63, 3.8) is 0 Å². The first-order valence-corrected chi connectivity index (χ1v) is 8.93. The molecular weight excluding hydrogens is 362 g/mol. The average molecular weight is 387 g/mol. The summed E-state index contributed by atoms with van der Waals surface area (Å²) in [7, 11) is 1.68. The lowest BCUT2D eigenvalue weighted by molar-refractivity contribution is -0.0504. The van der Waals surface area contributed by atoms with Crippen LogP contribution < -0.4 is 15.4 Å². The van der Waals surface area contributed by atoms with Crippen molar-refractivity contribution in [2.75, 3.05) is 26.7 Å². The predicted molar refractivity (Wildman–Crippen MR) is 101 cm³/mol. The SMILES string of the molecule is C=CCN1CCC(NC(=NC)NCc2cc(Cl)ccc2OC(F)F)CC1. The van der Waals surface area contributed by atoms with E-state index < -0.39 is 6.61 Å². The fourth-order valence-electron chi connectivity index (χ4n) is 2.91. The second-order valence-electron chi connectivity index (χ2n) is 6.06. The van der Waals surface area contributed by atoms with Gasteiger partial charge in [0.05, 0.1) is 0 Å². The third kappa shape index (κ3) is 6.46. The van der Waals surface area contributed by atoms with Gasteiger partial charge in [-0.1, -0.05) is 17.7 Å². The zero-order chi connectivity index (χ0) is 18.9. The fraction of sp³-hybridized carbons (Fsp3) is 0.500. The number of guanidine groups is 1. The lowest BCUT2D eigenvalue weighted by atomic mass is 10.1. The second-order valence-corrected chi connectivity index (χ2v) is 6.50. The topological polar surface area (TPSA) is 48.9 Å². The predicted octanol–water partition coefficient (Wildman–Crippen LogP) is 3.26. The molecule has 1 aliphatic heterocycles. The maximum atomic E-state index is 12.5. The third-order valence-electron chi connectivity index (χ3n) is 4.22. The highest BCUT2D eigenvalue weighted by Gasteiger charge is 2.19. The van der Waals surface area contributed by atoms with Crippen molar-refractivity contribution in [3.05, 3.63) is 41.4 Å². The number of nitrogens with zero attached hydrogens (tertiary/aromatic N) is 2. The smallest absolute Gasteiger partial charge is 0.387 e. The van der Waals surface area contributed by atoms with Gasteiger partial charge in [-0.25, -0.2) is 0 Å². The standard InChI is InChI=1S/C18H25ClF2N4O/c1-3-8-25-9-6-15(7-10-25)24-18(22-2)23-12-13-11-14(19)4-5-16(13)26-17(20)21/h3-5,11,15,17H,1,6-10,12H2,2H3,(H2,22,23,24). The minimum atomic E-state index is -2.88. The molecule has 1 aromatic rings. The third-order valence-corrected chi connectivity index (χ3v) is 4.46. The first-order valence-electron chi connectivity index (χ1n) is 8.55. The average Bonchev–Trinajstić information content (AvgIpc) is 2.62. The highest BCUT2D eigenvalue weighted by atomic mass is 35.5.